The number of hydrogen-bond acceptors (Lipinski definition) is 4. The third kappa shape index (κ3) is 6.16. The molecule has 0 heterocycles. The number of halogens is 2. The van der Waals surface area contributed by atoms with E-state index >= 15 is 0 Å². The van der Waals surface area contributed by atoms with Crippen molar-refractivity contribution in [3.63, 3.8) is 0 Å². The summed E-state index contributed by atoms with van der Waals surface area (Å²) in [5, 5.41) is 6.73. The zero-order valence-corrected chi connectivity index (χ0v) is 20.7. The molecule has 1 atom stereocenters. The highest BCUT2D eigenvalue weighted by Crippen LogP contribution is 2.28. The summed E-state index contributed by atoms with van der Waals surface area (Å²) in [5.74, 6) is 0.796. The minimum absolute atomic E-state index is 0.381. The number of hydrazone groups is 1. The van der Waals surface area contributed by atoms with Crippen molar-refractivity contribution in [1.29, 1.82) is 0 Å². The summed E-state index contributed by atoms with van der Waals surface area (Å²) >= 11 is 9.46. The summed E-state index contributed by atoms with van der Waals surface area (Å²) in [6.45, 7) is 2.05. The molecule has 0 spiro atoms. The van der Waals surface area contributed by atoms with E-state index in [1.807, 2.05) is 60.7 Å². The molecule has 4 rings (SSSR count). The predicted molar refractivity (Wildman–Crippen MR) is 140 cm³/mol. The lowest BCUT2D eigenvalue weighted by Crippen LogP contribution is -2.33. The maximum atomic E-state index is 12.5. The molecule has 0 saturated heterocycles. The van der Waals surface area contributed by atoms with Crippen LogP contribution in [-0.2, 0) is 11.4 Å². The number of rotatable bonds is 8. The molecule has 7 heteroatoms. The van der Waals surface area contributed by atoms with E-state index < -0.39 is 6.10 Å². The summed E-state index contributed by atoms with van der Waals surface area (Å²) in [5.41, 5.74) is 4.36. The van der Waals surface area contributed by atoms with Crippen LogP contribution in [-0.4, -0.2) is 18.2 Å². The standard InChI is InChI=1S/C27H22BrClN2O3/c1-18(34-23-10-5-9-22(29)15-23)27(32)31-30-16-25-24-11-3-2-7-20(24)12-13-26(25)33-17-19-6-4-8-21(28)14-19/h2-16,18H,17H2,1H3,(H,31,32)/t18-/m1/s1. The van der Waals surface area contributed by atoms with E-state index in [1.54, 1.807) is 37.4 Å². The third-order valence-electron chi connectivity index (χ3n) is 5.06. The first-order chi connectivity index (χ1) is 16.5. The maximum Gasteiger partial charge on any atom is 0.280 e. The van der Waals surface area contributed by atoms with Crippen LogP contribution >= 0.6 is 27.5 Å². The van der Waals surface area contributed by atoms with Gasteiger partial charge in [-0.15, -0.1) is 0 Å². The first kappa shape index (κ1) is 23.8. The van der Waals surface area contributed by atoms with E-state index in [2.05, 4.69) is 26.5 Å². The van der Waals surface area contributed by atoms with Gasteiger partial charge in [-0.2, -0.15) is 5.10 Å². The molecule has 5 nitrogen and oxygen atoms in total. The topological polar surface area (TPSA) is 59.9 Å². The lowest BCUT2D eigenvalue weighted by molar-refractivity contribution is -0.127. The zero-order chi connectivity index (χ0) is 23.9. The van der Waals surface area contributed by atoms with Crippen molar-refractivity contribution in [2.45, 2.75) is 19.6 Å². The van der Waals surface area contributed by atoms with Gasteiger partial charge in [-0.05, 0) is 59.7 Å². The van der Waals surface area contributed by atoms with Crippen LogP contribution in [0.15, 0.2) is 94.5 Å². The van der Waals surface area contributed by atoms with Crippen LogP contribution in [0.2, 0.25) is 5.02 Å². The number of amides is 1. The van der Waals surface area contributed by atoms with Crippen molar-refractivity contribution in [3.8, 4) is 11.5 Å². The number of benzene rings is 4. The van der Waals surface area contributed by atoms with Gasteiger partial charge in [0.1, 0.15) is 18.1 Å². The van der Waals surface area contributed by atoms with Gasteiger partial charge in [0, 0.05) is 15.1 Å². The molecule has 0 aliphatic heterocycles. The number of ether oxygens (including phenoxy) is 2. The Hall–Kier alpha value is -3.35. The Morgan fingerprint density at radius 1 is 1.06 bits per heavy atom. The second-order valence-electron chi connectivity index (χ2n) is 7.57. The van der Waals surface area contributed by atoms with Gasteiger partial charge in [0.15, 0.2) is 6.10 Å². The number of carbonyl (C=O) groups is 1. The molecular formula is C27H22BrClN2O3. The molecule has 0 unspecified atom stereocenters. The average Bonchev–Trinajstić information content (AvgIpc) is 2.83. The van der Waals surface area contributed by atoms with Gasteiger partial charge in [-0.3, -0.25) is 4.79 Å². The lowest BCUT2D eigenvalue weighted by atomic mass is 10.0. The summed E-state index contributed by atoms with van der Waals surface area (Å²) < 4.78 is 12.8. The lowest BCUT2D eigenvalue weighted by Gasteiger charge is -2.14. The second kappa shape index (κ2) is 11.2. The Bertz CT molecular complexity index is 1340. The van der Waals surface area contributed by atoms with Crippen molar-refractivity contribution in [3.05, 3.63) is 106 Å². The molecule has 0 saturated carbocycles. The molecule has 0 aromatic heterocycles. The van der Waals surface area contributed by atoms with Crippen LogP contribution in [0.5, 0.6) is 11.5 Å². The van der Waals surface area contributed by atoms with E-state index in [0.29, 0.717) is 23.1 Å². The third-order valence-corrected chi connectivity index (χ3v) is 5.79. The highest BCUT2D eigenvalue weighted by atomic mass is 79.9. The fraction of sp³-hybridized carbons (Fsp3) is 0.111. The van der Waals surface area contributed by atoms with Crippen molar-refractivity contribution in [2.75, 3.05) is 0 Å². The largest absolute Gasteiger partial charge is 0.488 e. The number of hydrogen-bond donors (Lipinski definition) is 1. The Morgan fingerprint density at radius 2 is 1.88 bits per heavy atom. The molecule has 4 aromatic carbocycles. The monoisotopic (exact) mass is 536 g/mol. The van der Waals surface area contributed by atoms with Crippen molar-refractivity contribution in [1.82, 2.24) is 5.43 Å². The maximum absolute atomic E-state index is 12.5. The van der Waals surface area contributed by atoms with Crippen LogP contribution in [0.25, 0.3) is 10.8 Å². The first-order valence-corrected chi connectivity index (χ1v) is 11.8. The Kier molecular flexibility index (Phi) is 7.83. The SMILES string of the molecule is C[C@@H](Oc1cccc(Cl)c1)C(=O)NN=Cc1c(OCc2cccc(Br)c2)ccc2ccccc12. The van der Waals surface area contributed by atoms with Gasteiger partial charge in [-0.25, -0.2) is 5.43 Å². The van der Waals surface area contributed by atoms with E-state index in [-0.39, 0.29) is 5.91 Å². The minimum atomic E-state index is -0.754. The van der Waals surface area contributed by atoms with Gasteiger partial charge in [0.2, 0.25) is 0 Å². The average molecular weight is 538 g/mol. The van der Waals surface area contributed by atoms with E-state index in [4.69, 9.17) is 21.1 Å². The molecule has 0 fully saturated rings. The molecule has 0 bridgehead atoms. The van der Waals surface area contributed by atoms with E-state index in [9.17, 15) is 4.79 Å². The Labute approximate surface area is 211 Å². The first-order valence-electron chi connectivity index (χ1n) is 10.6. The van der Waals surface area contributed by atoms with Crippen LogP contribution in [0.1, 0.15) is 18.1 Å². The summed E-state index contributed by atoms with van der Waals surface area (Å²) in [6.07, 6.45) is 0.846. The van der Waals surface area contributed by atoms with Crippen molar-refractivity contribution < 1.29 is 14.3 Å². The molecule has 1 N–H and O–H groups in total. The highest BCUT2D eigenvalue weighted by molar-refractivity contribution is 9.10. The van der Waals surface area contributed by atoms with Crippen molar-refractivity contribution in [2.24, 2.45) is 5.10 Å². The van der Waals surface area contributed by atoms with E-state index in [1.165, 1.54) is 0 Å². The van der Waals surface area contributed by atoms with Crippen LogP contribution in [0.4, 0.5) is 0 Å². The summed E-state index contributed by atoms with van der Waals surface area (Å²) in [7, 11) is 0. The molecule has 0 aliphatic rings. The molecule has 0 aliphatic carbocycles. The van der Waals surface area contributed by atoms with Gasteiger partial charge >= 0.3 is 0 Å². The van der Waals surface area contributed by atoms with Crippen LogP contribution in [0.3, 0.4) is 0 Å². The Balaban J connectivity index is 1.50. The van der Waals surface area contributed by atoms with Gasteiger partial charge in [0.05, 0.1) is 6.21 Å². The zero-order valence-electron chi connectivity index (χ0n) is 18.4. The number of carbonyl (C=O) groups excluding carboxylic acids is 1. The highest BCUT2D eigenvalue weighted by Gasteiger charge is 2.14. The van der Waals surface area contributed by atoms with Gasteiger partial charge in [0.25, 0.3) is 5.91 Å². The fourth-order valence-electron chi connectivity index (χ4n) is 3.37. The second-order valence-corrected chi connectivity index (χ2v) is 8.92. The van der Waals surface area contributed by atoms with Gasteiger partial charge in [-0.1, -0.05) is 76.1 Å². The number of nitrogens with one attached hydrogen (secondary N) is 1. The minimum Gasteiger partial charge on any atom is -0.488 e. The fourth-order valence-corrected chi connectivity index (χ4v) is 4.00. The quantitative estimate of drug-likeness (QED) is 0.200. The van der Waals surface area contributed by atoms with Crippen molar-refractivity contribution >= 4 is 50.4 Å². The molecular weight excluding hydrogens is 516 g/mol. The van der Waals surface area contributed by atoms with Crippen LogP contribution in [0, 0.1) is 0 Å². The molecule has 1 amide bonds. The summed E-state index contributed by atoms with van der Waals surface area (Å²) in [6, 6.07) is 26.7. The predicted octanol–water partition coefficient (Wildman–Crippen LogP) is 6.75. The van der Waals surface area contributed by atoms with Gasteiger partial charge < -0.3 is 9.47 Å². The smallest absolute Gasteiger partial charge is 0.280 e. The normalized spacial score (nSPS) is 12.0. The summed E-state index contributed by atoms with van der Waals surface area (Å²) in [4.78, 5) is 12.5. The number of nitrogens with zero attached hydrogens (tertiary/aromatic N) is 1. The van der Waals surface area contributed by atoms with E-state index in [0.717, 1.165) is 26.4 Å². The molecule has 0 radical (unpaired) electrons. The molecule has 34 heavy (non-hydrogen) atoms. The number of fused-ring (bicyclic) bond motifs is 1. The Morgan fingerprint density at radius 3 is 2.71 bits per heavy atom. The molecule has 172 valence electrons. The van der Waals surface area contributed by atoms with Crippen LogP contribution < -0.4 is 14.9 Å². The molecule has 4 aromatic rings.